The molecule has 0 bridgehead atoms. The number of rotatable bonds is 10. The van der Waals surface area contributed by atoms with Crippen molar-refractivity contribution < 1.29 is 23.9 Å². The number of aliphatic imine (C=N–C) groups is 1. The fourth-order valence-electron chi connectivity index (χ4n) is 5.08. The molecule has 4 rings (SSSR count). The number of β-lactam (4-membered cyclic amide) rings is 1. The van der Waals surface area contributed by atoms with E-state index >= 15 is 0 Å². The molecule has 1 fully saturated rings. The molecule has 0 aliphatic carbocycles. The number of amides is 3. The van der Waals surface area contributed by atoms with Gasteiger partial charge in [-0.15, -0.1) is 0 Å². The summed E-state index contributed by atoms with van der Waals surface area (Å²) in [6.45, 7) is 11.5. The molecule has 1 aliphatic heterocycles. The van der Waals surface area contributed by atoms with E-state index in [1.807, 2.05) is 30.3 Å². The van der Waals surface area contributed by atoms with Crippen LogP contribution in [0.2, 0.25) is 18.1 Å². The number of para-hydroxylation sites is 2. The Hall–Kier alpha value is -4.70. The van der Waals surface area contributed by atoms with Crippen molar-refractivity contribution in [3.05, 3.63) is 103 Å². The van der Waals surface area contributed by atoms with Gasteiger partial charge in [0.2, 0.25) is 11.9 Å². The molecule has 242 valence electrons. The van der Waals surface area contributed by atoms with Crippen molar-refractivity contribution in [3.63, 3.8) is 0 Å². The molecule has 10 heteroatoms. The maximum Gasteiger partial charge on any atom is 0.419 e. The van der Waals surface area contributed by atoms with Gasteiger partial charge in [-0.25, -0.2) is 9.59 Å². The van der Waals surface area contributed by atoms with E-state index in [2.05, 4.69) is 78.3 Å². The first kappa shape index (κ1) is 34.2. The average molecular weight is 641 g/mol. The van der Waals surface area contributed by atoms with Gasteiger partial charge in [0, 0.05) is 6.54 Å². The third kappa shape index (κ3) is 9.17. The molecule has 0 radical (unpaired) electrons. The number of unbranched alkanes of at least 4 members (excludes halogenated alkanes) is 1. The van der Waals surface area contributed by atoms with Crippen LogP contribution in [-0.2, 0) is 4.79 Å². The Morgan fingerprint density at radius 2 is 1.33 bits per heavy atom. The monoisotopic (exact) mass is 640 g/mol. The van der Waals surface area contributed by atoms with Crippen LogP contribution in [0.1, 0.15) is 45.6 Å². The number of hydrogen-bond acceptors (Lipinski definition) is 6. The lowest BCUT2D eigenvalue weighted by atomic mass is 9.85. The minimum absolute atomic E-state index is 0.0287. The number of nitrogens with zero attached hydrogens (tertiary/aromatic N) is 2. The minimum Gasteiger partial charge on any atom is -0.410 e. The summed E-state index contributed by atoms with van der Waals surface area (Å²) in [5.41, 5.74) is 1.11. The van der Waals surface area contributed by atoms with Crippen molar-refractivity contribution in [3.8, 4) is 11.5 Å². The fourth-order valence-corrected chi connectivity index (χ4v) is 7.53. The van der Waals surface area contributed by atoms with Crippen LogP contribution in [0, 0.1) is 5.92 Å². The highest BCUT2D eigenvalue weighted by molar-refractivity contribution is 6.80. The predicted molar refractivity (Wildman–Crippen MR) is 184 cm³/mol. The average Bonchev–Trinajstić information content (AvgIpc) is 3.01. The number of hydrogen-bond donors (Lipinski definition) is 2. The number of nitrogens with one attached hydrogen (secondary N) is 2. The van der Waals surface area contributed by atoms with Crippen molar-refractivity contribution in [2.24, 2.45) is 10.9 Å². The summed E-state index contributed by atoms with van der Waals surface area (Å²) in [5, 5.41) is 5.03. The third-order valence-electron chi connectivity index (χ3n) is 8.53. The lowest BCUT2D eigenvalue weighted by Crippen LogP contribution is -2.72. The standard InChI is InChI=1S/C36H44N4O5Si/c1-36(2,3)46(4,5)40-31(25-24-27-17-9-6-10-18-27)30(32(40)41)23-15-16-26-37-33(38-34(42)44-28-19-11-7-12-20-28)39-35(43)45-29-21-13-8-14-22-29/h6-14,17-22,24-25,30-31H,15-16,23,26H2,1-5H3,(H2,37,38,39,42,43)/t30-,31-/m0/s1. The second-order valence-corrected chi connectivity index (χ2v) is 17.9. The summed E-state index contributed by atoms with van der Waals surface area (Å²) in [6.07, 6.45) is 4.80. The topological polar surface area (TPSA) is 109 Å². The predicted octanol–water partition coefficient (Wildman–Crippen LogP) is 7.64. The Labute approximate surface area is 272 Å². The maximum absolute atomic E-state index is 13.6. The SMILES string of the molecule is CC(C)(C)[Si](C)(C)N1C(=O)[C@@H](CCCCN=C(NC(=O)Oc2ccccc2)NC(=O)Oc2ccccc2)[C@@H]1C=Cc1ccccc1. The van der Waals surface area contributed by atoms with Crippen molar-refractivity contribution in [2.45, 2.75) is 64.2 Å². The second kappa shape index (κ2) is 15.5. The largest absolute Gasteiger partial charge is 0.419 e. The number of carbonyl (C=O) groups is 3. The molecule has 3 aromatic rings. The van der Waals surface area contributed by atoms with Crippen molar-refractivity contribution in [1.29, 1.82) is 0 Å². The van der Waals surface area contributed by atoms with Crippen LogP contribution in [0.5, 0.6) is 11.5 Å². The van der Waals surface area contributed by atoms with E-state index in [0.717, 1.165) is 12.0 Å². The lowest BCUT2D eigenvalue weighted by Gasteiger charge is -2.58. The highest BCUT2D eigenvalue weighted by atomic mass is 28.3. The molecule has 1 saturated heterocycles. The van der Waals surface area contributed by atoms with E-state index < -0.39 is 20.4 Å². The van der Waals surface area contributed by atoms with Gasteiger partial charge in [0.05, 0.1) is 12.0 Å². The molecule has 3 aromatic carbocycles. The summed E-state index contributed by atoms with van der Waals surface area (Å²) in [4.78, 5) is 43.1. The first-order chi connectivity index (χ1) is 22.0. The third-order valence-corrected chi connectivity index (χ3v) is 13.9. The number of guanidine groups is 1. The Bertz CT molecular complexity index is 1460. The van der Waals surface area contributed by atoms with Crippen LogP contribution in [0.15, 0.2) is 102 Å². The van der Waals surface area contributed by atoms with Crippen LogP contribution < -0.4 is 20.1 Å². The zero-order chi connectivity index (χ0) is 33.2. The Morgan fingerprint density at radius 1 is 0.826 bits per heavy atom. The van der Waals surface area contributed by atoms with Crippen LogP contribution in [0.4, 0.5) is 9.59 Å². The summed E-state index contributed by atoms with van der Waals surface area (Å²) < 4.78 is 12.8. The molecule has 9 nitrogen and oxygen atoms in total. The van der Waals surface area contributed by atoms with Gasteiger partial charge in [0.15, 0.2) is 8.24 Å². The highest BCUT2D eigenvalue weighted by Crippen LogP contribution is 2.46. The van der Waals surface area contributed by atoms with Gasteiger partial charge in [-0.1, -0.05) is 119 Å². The smallest absolute Gasteiger partial charge is 0.410 e. The molecule has 46 heavy (non-hydrogen) atoms. The highest BCUT2D eigenvalue weighted by Gasteiger charge is 2.55. The van der Waals surface area contributed by atoms with Crippen LogP contribution in [0.25, 0.3) is 6.08 Å². The summed E-state index contributed by atoms with van der Waals surface area (Å²) >= 11 is 0. The summed E-state index contributed by atoms with van der Waals surface area (Å²) in [5.74, 6) is 0.719. The van der Waals surface area contributed by atoms with Gasteiger partial charge in [-0.05, 0) is 47.7 Å². The zero-order valence-electron chi connectivity index (χ0n) is 27.2. The number of benzene rings is 3. The van der Waals surface area contributed by atoms with Crippen molar-refractivity contribution in [2.75, 3.05) is 6.54 Å². The van der Waals surface area contributed by atoms with E-state index in [1.54, 1.807) is 48.5 Å². The molecule has 0 unspecified atom stereocenters. The Morgan fingerprint density at radius 3 is 1.83 bits per heavy atom. The fraction of sp³-hybridized carbons (Fsp3) is 0.333. The quantitative estimate of drug-likeness (QED) is 0.0779. The Balaban J connectivity index is 1.39. The number of ether oxygens (including phenoxy) is 2. The van der Waals surface area contributed by atoms with Gasteiger partial charge < -0.3 is 14.0 Å². The first-order valence-corrected chi connectivity index (χ1v) is 18.6. The van der Waals surface area contributed by atoms with E-state index in [4.69, 9.17) is 9.47 Å². The van der Waals surface area contributed by atoms with E-state index in [-0.39, 0.29) is 28.9 Å². The van der Waals surface area contributed by atoms with Gasteiger partial charge >= 0.3 is 12.2 Å². The van der Waals surface area contributed by atoms with Gasteiger partial charge in [-0.3, -0.25) is 20.4 Å². The minimum atomic E-state index is -2.08. The van der Waals surface area contributed by atoms with Crippen LogP contribution in [0.3, 0.4) is 0 Å². The molecular weight excluding hydrogens is 597 g/mol. The molecule has 0 spiro atoms. The molecule has 0 saturated carbocycles. The molecule has 2 N–H and O–H groups in total. The molecule has 1 aliphatic rings. The van der Waals surface area contributed by atoms with E-state index in [9.17, 15) is 14.4 Å². The molecular formula is C36H44N4O5Si. The van der Waals surface area contributed by atoms with Gasteiger partial charge in [-0.2, -0.15) is 0 Å². The van der Waals surface area contributed by atoms with Crippen molar-refractivity contribution in [1.82, 2.24) is 15.2 Å². The maximum atomic E-state index is 13.6. The Kier molecular flexibility index (Phi) is 11.5. The molecule has 3 amide bonds. The van der Waals surface area contributed by atoms with E-state index in [0.29, 0.717) is 30.9 Å². The summed E-state index contributed by atoms with van der Waals surface area (Å²) in [7, 11) is -2.08. The van der Waals surface area contributed by atoms with Crippen molar-refractivity contribution >= 4 is 38.4 Å². The van der Waals surface area contributed by atoms with Crippen LogP contribution >= 0.6 is 0 Å². The normalized spacial score (nSPS) is 16.4. The van der Waals surface area contributed by atoms with E-state index in [1.165, 1.54) is 0 Å². The van der Waals surface area contributed by atoms with Gasteiger partial charge in [0.25, 0.3) is 0 Å². The summed E-state index contributed by atoms with van der Waals surface area (Å²) in [6, 6.07) is 27.3. The van der Waals surface area contributed by atoms with Crippen LogP contribution in [-0.4, -0.2) is 49.4 Å². The number of carbonyl (C=O) groups excluding carboxylic acids is 3. The zero-order valence-corrected chi connectivity index (χ0v) is 28.2. The molecule has 0 aromatic heterocycles. The molecule has 2 atom stereocenters. The van der Waals surface area contributed by atoms with Gasteiger partial charge in [0.1, 0.15) is 11.5 Å². The molecule has 1 heterocycles. The second-order valence-electron chi connectivity index (χ2n) is 12.8. The first-order valence-electron chi connectivity index (χ1n) is 15.6. The lowest BCUT2D eigenvalue weighted by molar-refractivity contribution is -0.145.